The molecule has 0 bridgehead atoms. The Balaban J connectivity index is 1.98. The summed E-state index contributed by atoms with van der Waals surface area (Å²) in [5.74, 6) is 2.07. The normalized spacial score (nSPS) is 16.8. The van der Waals surface area contributed by atoms with Crippen LogP contribution in [-0.2, 0) is 0 Å². The van der Waals surface area contributed by atoms with Crippen molar-refractivity contribution in [2.75, 3.05) is 36.5 Å². The highest BCUT2D eigenvalue weighted by molar-refractivity contribution is 7.99. The molecule has 110 valence electrons. The van der Waals surface area contributed by atoms with Crippen LogP contribution in [0.4, 0.5) is 10.5 Å². The minimum atomic E-state index is 0.0125. The van der Waals surface area contributed by atoms with Crippen molar-refractivity contribution >= 4 is 23.5 Å². The van der Waals surface area contributed by atoms with Gasteiger partial charge in [-0.25, -0.2) is 4.79 Å². The van der Waals surface area contributed by atoms with Gasteiger partial charge in [-0.05, 0) is 31.2 Å². The maximum Gasteiger partial charge on any atom is 0.321 e. The standard InChI is InChI=1S/C15H23N3OS/c1-3-16-12(2)13-5-4-6-14(11-13)17-15(19)18-7-9-20-10-8-18/h4-6,11-12,16H,3,7-10H2,1-2H3,(H,17,19). The molecule has 1 atom stereocenters. The number of nitrogens with zero attached hydrogens (tertiary/aromatic N) is 1. The molecule has 1 saturated heterocycles. The number of thioether (sulfide) groups is 1. The summed E-state index contributed by atoms with van der Waals surface area (Å²) in [5, 5.41) is 6.38. The number of urea groups is 1. The highest BCUT2D eigenvalue weighted by Crippen LogP contribution is 2.18. The number of amides is 2. The number of anilines is 1. The topological polar surface area (TPSA) is 44.4 Å². The molecule has 0 radical (unpaired) electrons. The van der Waals surface area contributed by atoms with Crippen molar-refractivity contribution in [3.63, 3.8) is 0 Å². The fourth-order valence-corrected chi connectivity index (χ4v) is 3.18. The van der Waals surface area contributed by atoms with Gasteiger partial charge in [0.2, 0.25) is 0 Å². The monoisotopic (exact) mass is 293 g/mol. The fourth-order valence-electron chi connectivity index (χ4n) is 2.28. The van der Waals surface area contributed by atoms with Gasteiger partial charge in [-0.15, -0.1) is 0 Å². The van der Waals surface area contributed by atoms with Gasteiger partial charge in [-0.1, -0.05) is 19.1 Å². The van der Waals surface area contributed by atoms with Gasteiger partial charge in [-0.2, -0.15) is 11.8 Å². The van der Waals surface area contributed by atoms with E-state index < -0.39 is 0 Å². The van der Waals surface area contributed by atoms with Gasteiger partial charge >= 0.3 is 6.03 Å². The third-order valence-electron chi connectivity index (χ3n) is 3.45. The first-order chi connectivity index (χ1) is 9.70. The number of benzene rings is 1. The van der Waals surface area contributed by atoms with Crippen LogP contribution in [-0.4, -0.2) is 42.1 Å². The van der Waals surface area contributed by atoms with Crippen LogP contribution in [0.1, 0.15) is 25.5 Å². The average Bonchev–Trinajstić information content (AvgIpc) is 2.48. The second-order valence-corrected chi connectivity index (χ2v) is 6.16. The largest absolute Gasteiger partial charge is 0.323 e. The molecule has 0 aromatic heterocycles. The highest BCUT2D eigenvalue weighted by Gasteiger charge is 2.16. The molecule has 0 saturated carbocycles. The zero-order valence-electron chi connectivity index (χ0n) is 12.2. The SMILES string of the molecule is CCNC(C)c1cccc(NC(=O)N2CCSCC2)c1. The van der Waals surface area contributed by atoms with Crippen molar-refractivity contribution in [1.82, 2.24) is 10.2 Å². The van der Waals surface area contributed by atoms with Gasteiger partial charge in [0.1, 0.15) is 0 Å². The molecular weight excluding hydrogens is 270 g/mol. The van der Waals surface area contributed by atoms with E-state index in [1.807, 2.05) is 34.9 Å². The van der Waals surface area contributed by atoms with Crippen molar-refractivity contribution in [3.05, 3.63) is 29.8 Å². The van der Waals surface area contributed by atoms with Gasteiger partial charge in [0, 0.05) is 36.3 Å². The van der Waals surface area contributed by atoms with Gasteiger partial charge in [0.05, 0.1) is 0 Å². The van der Waals surface area contributed by atoms with Gasteiger partial charge in [-0.3, -0.25) is 0 Å². The van der Waals surface area contributed by atoms with E-state index in [9.17, 15) is 4.79 Å². The van der Waals surface area contributed by atoms with E-state index in [0.29, 0.717) is 6.04 Å². The van der Waals surface area contributed by atoms with Crippen molar-refractivity contribution in [3.8, 4) is 0 Å². The third-order valence-corrected chi connectivity index (χ3v) is 4.39. The van der Waals surface area contributed by atoms with Crippen LogP contribution in [0.3, 0.4) is 0 Å². The summed E-state index contributed by atoms with van der Waals surface area (Å²) in [7, 11) is 0. The lowest BCUT2D eigenvalue weighted by molar-refractivity contribution is 0.217. The van der Waals surface area contributed by atoms with Crippen molar-refractivity contribution in [1.29, 1.82) is 0 Å². The first kappa shape index (κ1) is 15.2. The predicted molar refractivity (Wildman–Crippen MR) is 86.5 cm³/mol. The Kier molecular flexibility index (Phi) is 5.73. The number of nitrogens with one attached hydrogen (secondary N) is 2. The van der Waals surface area contributed by atoms with Gasteiger partial charge < -0.3 is 15.5 Å². The summed E-state index contributed by atoms with van der Waals surface area (Å²) in [4.78, 5) is 14.1. The van der Waals surface area contributed by atoms with Crippen LogP contribution in [0.5, 0.6) is 0 Å². The summed E-state index contributed by atoms with van der Waals surface area (Å²) in [6.07, 6.45) is 0. The van der Waals surface area contributed by atoms with Crippen molar-refractivity contribution in [2.45, 2.75) is 19.9 Å². The minimum Gasteiger partial charge on any atom is -0.323 e. The van der Waals surface area contributed by atoms with Crippen molar-refractivity contribution < 1.29 is 4.79 Å². The zero-order valence-corrected chi connectivity index (χ0v) is 13.0. The Hall–Kier alpha value is -1.20. The van der Waals surface area contributed by atoms with E-state index in [2.05, 4.69) is 30.5 Å². The van der Waals surface area contributed by atoms with E-state index in [4.69, 9.17) is 0 Å². The number of carbonyl (C=O) groups excluding carboxylic acids is 1. The Morgan fingerprint density at radius 3 is 2.85 bits per heavy atom. The second-order valence-electron chi connectivity index (χ2n) is 4.93. The first-order valence-corrected chi connectivity index (χ1v) is 8.33. The quantitative estimate of drug-likeness (QED) is 0.897. The molecule has 1 unspecified atom stereocenters. The highest BCUT2D eigenvalue weighted by atomic mass is 32.2. The van der Waals surface area contributed by atoms with Crippen LogP contribution in [0.25, 0.3) is 0 Å². The predicted octanol–water partition coefficient (Wildman–Crippen LogP) is 2.94. The van der Waals surface area contributed by atoms with Crippen LogP contribution < -0.4 is 10.6 Å². The smallest absolute Gasteiger partial charge is 0.321 e. The molecule has 1 aliphatic rings. The molecule has 0 aliphatic carbocycles. The Morgan fingerprint density at radius 2 is 2.15 bits per heavy atom. The first-order valence-electron chi connectivity index (χ1n) is 7.17. The van der Waals surface area contributed by atoms with Crippen LogP contribution >= 0.6 is 11.8 Å². The number of carbonyl (C=O) groups is 1. The number of hydrogen-bond acceptors (Lipinski definition) is 3. The summed E-state index contributed by atoms with van der Waals surface area (Å²) in [6, 6.07) is 8.37. The lowest BCUT2D eigenvalue weighted by atomic mass is 10.1. The molecule has 2 N–H and O–H groups in total. The molecule has 1 aromatic carbocycles. The molecule has 20 heavy (non-hydrogen) atoms. The Bertz CT molecular complexity index is 446. The maximum atomic E-state index is 12.2. The Morgan fingerprint density at radius 1 is 1.40 bits per heavy atom. The molecule has 2 amide bonds. The van der Waals surface area contributed by atoms with Gasteiger partial charge in [0.15, 0.2) is 0 Å². The molecule has 1 aromatic rings. The summed E-state index contributed by atoms with van der Waals surface area (Å²) >= 11 is 1.90. The summed E-state index contributed by atoms with van der Waals surface area (Å²) in [5.41, 5.74) is 2.06. The van der Waals surface area contributed by atoms with E-state index in [1.165, 1.54) is 5.56 Å². The molecule has 5 heteroatoms. The fraction of sp³-hybridized carbons (Fsp3) is 0.533. The average molecular weight is 293 g/mol. The van der Waals surface area contributed by atoms with Crippen molar-refractivity contribution in [2.24, 2.45) is 0 Å². The minimum absolute atomic E-state index is 0.0125. The molecule has 4 nitrogen and oxygen atoms in total. The molecule has 1 fully saturated rings. The van der Waals surface area contributed by atoms with Crippen LogP contribution in [0.15, 0.2) is 24.3 Å². The number of hydrogen-bond donors (Lipinski definition) is 2. The summed E-state index contributed by atoms with van der Waals surface area (Å²) < 4.78 is 0. The lowest BCUT2D eigenvalue weighted by Gasteiger charge is -2.26. The third kappa shape index (κ3) is 4.15. The van der Waals surface area contributed by atoms with E-state index in [0.717, 1.165) is 36.8 Å². The molecule has 2 rings (SSSR count). The number of rotatable bonds is 4. The van der Waals surface area contributed by atoms with E-state index in [1.54, 1.807) is 0 Å². The molecule has 0 spiro atoms. The second kappa shape index (κ2) is 7.55. The zero-order chi connectivity index (χ0) is 14.4. The van der Waals surface area contributed by atoms with E-state index in [-0.39, 0.29) is 6.03 Å². The molecule has 1 heterocycles. The molecule has 1 aliphatic heterocycles. The lowest BCUT2D eigenvalue weighted by Crippen LogP contribution is -2.40. The van der Waals surface area contributed by atoms with Crippen LogP contribution in [0, 0.1) is 0 Å². The van der Waals surface area contributed by atoms with Gasteiger partial charge in [0.25, 0.3) is 0 Å². The van der Waals surface area contributed by atoms with E-state index >= 15 is 0 Å². The maximum absolute atomic E-state index is 12.2. The summed E-state index contributed by atoms with van der Waals surface area (Å²) in [6.45, 7) is 6.83. The Labute approximate surface area is 125 Å². The van der Waals surface area contributed by atoms with Crippen LogP contribution in [0.2, 0.25) is 0 Å². The molecular formula is C15H23N3OS.